The largest absolute Gasteiger partial charge is 0.419 e. The van der Waals surface area contributed by atoms with Crippen molar-refractivity contribution in [1.29, 1.82) is 0 Å². The van der Waals surface area contributed by atoms with Crippen molar-refractivity contribution in [2.75, 3.05) is 31.5 Å². The van der Waals surface area contributed by atoms with E-state index in [0.717, 1.165) is 19.0 Å². The lowest BCUT2D eigenvalue weighted by atomic mass is 10.2. The van der Waals surface area contributed by atoms with E-state index in [2.05, 4.69) is 31.0 Å². The van der Waals surface area contributed by atoms with E-state index in [9.17, 15) is 13.2 Å². The van der Waals surface area contributed by atoms with E-state index < -0.39 is 11.7 Å². The Bertz CT molecular complexity index is 705. The summed E-state index contributed by atoms with van der Waals surface area (Å²) in [5, 5.41) is 13.0. The molecule has 0 amide bonds. The molecule has 0 spiro atoms. The van der Waals surface area contributed by atoms with Crippen molar-refractivity contribution >= 4 is 35.8 Å². The first-order chi connectivity index (χ1) is 13.0. The van der Waals surface area contributed by atoms with Gasteiger partial charge in [-0.2, -0.15) is 18.3 Å². The first-order valence-electron chi connectivity index (χ1n) is 8.76. The highest BCUT2D eigenvalue weighted by Gasteiger charge is 2.33. The van der Waals surface area contributed by atoms with Crippen LogP contribution in [0.3, 0.4) is 0 Å². The van der Waals surface area contributed by atoms with Gasteiger partial charge in [0.2, 0.25) is 0 Å². The van der Waals surface area contributed by atoms with Crippen molar-refractivity contribution in [3.8, 4) is 0 Å². The van der Waals surface area contributed by atoms with Gasteiger partial charge in [-0.15, -0.1) is 24.0 Å². The highest BCUT2D eigenvalue weighted by Crippen LogP contribution is 2.33. The molecule has 0 fully saturated rings. The number of aromatic nitrogens is 3. The molecule has 2 aromatic heterocycles. The molecule has 0 radical (unpaired) electrons. The molecule has 0 atom stereocenters. The summed E-state index contributed by atoms with van der Waals surface area (Å²) in [6.07, 6.45) is 1.35. The number of hydrogen-bond acceptors (Lipinski definition) is 4. The Kier molecular flexibility index (Phi) is 10.6. The number of alkyl halides is 3. The number of aliphatic imine (C=N–C) groups is 1. The number of hydrogen-bond donors (Lipinski definition) is 3. The molecule has 2 heterocycles. The molecule has 0 aliphatic heterocycles. The van der Waals surface area contributed by atoms with Crippen LogP contribution in [-0.2, 0) is 12.7 Å². The van der Waals surface area contributed by atoms with Gasteiger partial charge in [-0.05, 0) is 31.5 Å². The van der Waals surface area contributed by atoms with Crippen LogP contribution in [0.25, 0.3) is 0 Å². The molecule has 0 unspecified atom stereocenters. The summed E-state index contributed by atoms with van der Waals surface area (Å²) in [6, 6.07) is 4.15. The summed E-state index contributed by atoms with van der Waals surface area (Å²) < 4.78 is 40.6. The Hall–Kier alpha value is -2.05. The maximum atomic E-state index is 12.9. The lowest BCUT2D eigenvalue weighted by Gasteiger charge is -2.14. The monoisotopic (exact) mass is 511 g/mol. The van der Waals surface area contributed by atoms with E-state index in [-0.39, 0.29) is 36.3 Å². The number of anilines is 1. The second kappa shape index (κ2) is 12.4. The number of rotatable bonds is 9. The Labute approximate surface area is 179 Å². The number of nitrogens with zero attached hydrogens (tertiary/aromatic N) is 4. The lowest BCUT2D eigenvalue weighted by Crippen LogP contribution is -2.39. The van der Waals surface area contributed by atoms with E-state index >= 15 is 0 Å². The topological polar surface area (TPSA) is 79.2 Å². The Morgan fingerprint density at radius 1 is 1.18 bits per heavy atom. The zero-order chi connectivity index (χ0) is 19.5. The van der Waals surface area contributed by atoms with Crippen LogP contribution in [0.4, 0.5) is 19.0 Å². The maximum Gasteiger partial charge on any atom is 0.419 e. The van der Waals surface area contributed by atoms with Crippen molar-refractivity contribution in [3.63, 3.8) is 0 Å². The predicted octanol–water partition coefficient (Wildman–Crippen LogP) is 2.97. The second-order valence-corrected chi connectivity index (χ2v) is 5.63. The van der Waals surface area contributed by atoms with Crippen molar-refractivity contribution < 1.29 is 13.2 Å². The van der Waals surface area contributed by atoms with Gasteiger partial charge in [0.15, 0.2) is 5.96 Å². The lowest BCUT2D eigenvalue weighted by molar-refractivity contribution is -0.137. The molecule has 156 valence electrons. The van der Waals surface area contributed by atoms with Crippen LogP contribution < -0.4 is 16.0 Å². The highest BCUT2D eigenvalue weighted by molar-refractivity contribution is 14.0. The Balaban J connectivity index is 0.00000392. The van der Waals surface area contributed by atoms with Gasteiger partial charge < -0.3 is 16.0 Å². The number of nitrogens with one attached hydrogen (secondary N) is 3. The SMILES string of the molecule is CCNC(=NCCCn1cccn1)NCCNc1ncccc1C(F)(F)F.I. The molecule has 0 bridgehead atoms. The van der Waals surface area contributed by atoms with Crippen LogP contribution in [0, 0.1) is 0 Å². The summed E-state index contributed by atoms with van der Waals surface area (Å²) in [5.74, 6) is 0.449. The van der Waals surface area contributed by atoms with Crippen LogP contribution >= 0.6 is 24.0 Å². The van der Waals surface area contributed by atoms with Gasteiger partial charge in [-0.3, -0.25) is 9.67 Å². The fourth-order valence-corrected chi connectivity index (χ4v) is 2.33. The van der Waals surface area contributed by atoms with Crippen molar-refractivity contribution in [1.82, 2.24) is 25.4 Å². The number of pyridine rings is 1. The third-order valence-electron chi connectivity index (χ3n) is 3.54. The van der Waals surface area contributed by atoms with E-state index in [1.807, 2.05) is 23.9 Å². The fourth-order valence-electron chi connectivity index (χ4n) is 2.33. The number of halogens is 4. The van der Waals surface area contributed by atoms with Gasteiger partial charge in [-0.1, -0.05) is 0 Å². The smallest absolute Gasteiger partial charge is 0.368 e. The van der Waals surface area contributed by atoms with Gasteiger partial charge in [0.1, 0.15) is 5.82 Å². The molecule has 0 saturated heterocycles. The third kappa shape index (κ3) is 8.31. The molecule has 3 N–H and O–H groups in total. The summed E-state index contributed by atoms with van der Waals surface area (Å²) in [7, 11) is 0. The van der Waals surface area contributed by atoms with E-state index in [1.54, 1.807) is 6.20 Å². The third-order valence-corrected chi connectivity index (χ3v) is 3.54. The highest BCUT2D eigenvalue weighted by atomic mass is 127. The molecule has 7 nitrogen and oxygen atoms in total. The van der Waals surface area contributed by atoms with Crippen molar-refractivity contribution in [2.45, 2.75) is 26.1 Å². The molecule has 0 aromatic carbocycles. The summed E-state index contributed by atoms with van der Waals surface area (Å²) >= 11 is 0. The van der Waals surface area contributed by atoms with Gasteiger partial charge in [0, 0.05) is 51.3 Å². The summed E-state index contributed by atoms with van der Waals surface area (Å²) in [4.78, 5) is 8.21. The Morgan fingerprint density at radius 2 is 2.00 bits per heavy atom. The van der Waals surface area contributed by atoms with Gasteiger partial charge >= 0.3 is 6.18 Å². The predicted molar refractivity (Wildman–Crippen MR) is 114 cm³/mol. The first kappa shape index (κ1) is 24.0. The molecule has 0 aliphatic carbocycles. The molecule has 2 rings (SSSR count). The summed E-state index contributed by atoms with van der Waals surface area (Å²) in [5.41, 5.74) is -0.774. The standard InChI is InChI=1S/C17H24F3N7.HI/c1-2-21-16(24-8-4-12-27-13-5-9-26-27)25-11-10-23-15-14(17(18,19)20)6-3-7-22-15;/h3,5-7,9,13H,2,4,8,10-12H2,1H3,(H,22,23)(H2,21,24,25);1H. The van der Waals surface area contributed by atoms with Crippen molar-refractivity contribution in [2.24, 2.45) is 4.99 Å². The molecule has 11 heteroatoms. The van der Waals surface area contributed by atoms with Crippen LogP contribution in [0.1, 0.15) is 18.9 Å². The van der Waals surface area contributed by atoms with E-state index in [0.29, 0.717) is 25.6 Å². The normalized spacial score (nSPS) is 11.6. The van der Waals surface area contributed by atoms with E-state index in [1.165, 1.54) is 12.3 Å². The minimum atomic E-state index is -4.44. The molecule has 0 saturated carbocycles. The average Bonchev–Trinajstić information content (AvgIpc) is 3.15. The quantitative estimate of drug-likeness (QED) is 0.209. The van der Waals surface area contributed by atoms with Crippen LogP contribution in [-0.4, -0.2) is 46.9 Å². The molecular weight excluding hydrogens is 486 g/mol. The molecule has 0 aliphatic rings. The zero-order valence-corrected chi connectivity index (χ0v) is 17.9. The average molecular weight is 511 g/mol. The summed E-state index contributed by atoms with van der Waals surface area (Å²) in [6.45, 7) is 4.70. The second-order valence-electron chi connectivity index (χ2n) is 5.63. The molecular formula is C17H25F3IN7. The van der Waals surface area contributed by atoms with Crippen LogP contribution in [0.5, 0.6) is 0 Å². The molecule has 28 heavy (non-hydrogen) atoms. The number of aryl methyl sites for hydroxylation is 1. The Morgan fingerprint density at radius 3 is 2.68 bits per heavy atom. The first-order valence-corrected chi connectivity index (χ1v) is 8.76. The minimum Gasteiger partial charge on any atom is -0.368 e. The molecule has 2 aromatic rings. The zero-order valence-electron chi connectivity index (χ0n) is 15.5. The van der Waals surface area contributed by atoms with Crippen LogP contribution in [0.2, 0.25) is 0 Å². The number of guanidine groups is 1. The fraction of sp³-hybridized carbons (Fsp3) is 0.471. The van der Waals surface area contributed by atoms with Crippen LogP contribution in [0.15, 0.2) is 41.8 Å². The minimum absolute atomic E-state index is 0. The van der Waals surface area contributed by atoms with Gasteiger partial charge in [-0.25, -0.2) is 4.98 Å². The van der Waals surface area contributed by atoms with Gasteiger partial charge in [0.05, 0.1) is 5.56 Å². The van der Waals surface area contributed by atoms with Gasteiger partial charge in [0.25, 0.3) is 0 Å². The maximum absolute atomic E-state index is 12.9. The van der Waals surface area contributed by atoms with E-state index in [4.69, 9.17) is 0 Å². The van der Waals surface area contributed by atoms with Crippen molar-refractivity contribution in [3.05, 3.63) is 42.4 Å².